The van der Waals surface area contributed by atoms with Crippen LogP contribution in [0.25, 0.3) is 5.57 Å². The molecule has 0 aliphatic heterocycles. The summed E-state index contributed by atoms with van der Waals surface area (Å²) in [6, 6.07) is 7.74. The minimum atomic E-state index is -0.0631. The Labute approximate surface area is 102 Å². The second-order valence-electron chi connectivity index (χ2n) is 3.70. The summed E-state index contributed by atoms with van der Waals surface area (Å²) in [4.78, 5) is 11.1. The van der Waals surface area contributed by atoms with Gasteiger partial charge in [0.05, 0.1) is 0 Å². The number of carbonyl (C=O) groups excluding carboxylic acids is 1. The molecule has 17 heavy (non-hydrogen) atoms. The molecule has 0 atom stereocenters. The molecular formula is C15H17NO. The van der Waals surface area contributed by atoms with Gasteiger partial charge in [-0.1, -0.05) is 49.1 Å². The van der Waals surface area contributed by atoms with Crippen molar-refractivity contribution in [1.29, 1.82) is 0 Å². The molecule has 1 N–H and O–H groups in total. The summed E-state index contributed by atoms with van der Waals surface area (Å²) >= 11 is 0. The summed E-state index contributed by atoms with van der Waals surface area (Å²) in [5.41, 5.74) is 2.95. The van der Waals surface area contributed by atoms with Gasteiger partial charge in [0, 0.05) is 18.2 Å². The van der Waals surface area contributed by atoms with Gasteiger partial charge in [-0.25, -0.2) is 0 Å². The number of hydrogen-bond acceptors (Lipinski definition) is 1. The van der Waals surface area contributed by atoms with Crippen molar-refractivity contribution < 1.29 is 4.79 Å². The molecule has 2 nitrogen and oxygen atoms in total. The zero-order valence-electron chi connectivity index (χ0n) is 10.2. The van der Waals surface area contributed by atoms with Crippen molar-refractivity contribution in [1.82, 2.24) is 0 Å². The monoisotopic (exact) mass is 227 g/mol. The molecule has 0 bridgehead atoms. The molecule has 88 valence electrons. The maximum absolute atomic E-state index is 11.1. The molecule has 1 rings (SSSR count). The van der Waals surface area contributed by atoms with Gasteiger partial charge in [0.2, 0.25) is 5.91 Å². The van der Waals surface area contributed by atoms with Crippen LogP contribution in [0.15, 0.2) is 55.1 Å². The van der Waals surface area contributed by atoms with Gasteiger partial charge in [0.25, 0.3) is 0 Å². The number of rotatable bonds is 4. The van der Waals surface area contributed by atoms with Gasteiger partial charge in [-0.15, -0.1) is 0 Å². The van der Waals surface area contributed by atoms with E-state index in [1.807, 2.05) is 49.4 Å². The van der Waals surface area contributed by atoms with Gasteiger partial charge in [-0.2, -0.15) is 0 Å². The zero-order valence-corrected chi connectivity index (χ0v) is 10.2. The van der Waals surface area contributed by atoms with Crippen molar-refractivity contribution in [3.63, 3.8) is 0 Å². The van der Waals surface area contributed by atoms with E-state index in [4.69, 9.17) is 0 Å². The Balaban J connectivity index is 3.03. The van der Waals surface area contributed by atoms with E-state index in [1.54, 1.807) is 6.08 Å². The highest BCUT2D eigenvalue weighted by Gasteiger charge is 2.03. The number of carbonyl (C=O) groups is 1. The van der Waals surface area contributed by atoms with Crippen molar-refractivity contribution >= 4 is 17.2 Å². The van der Waals surface area contributed by atoms with Crippen LogP contribution in [0.3, 0.4) is 0 Å². The topological polar surface area (TPSA) is 29.1 Å². The summed E-state index contributed by atoms with van der Waals surface area (Å²) < 4.78 is 0. The van der Waals surface area contributed by atoms with Crippen LogP contribution < -0.4 is 5.32 Å². The van der Waals surface area contributed by atoms with Crippen LogP contribution in [0.1, 0.15) is 19.4 Å². The lowest BCUT2D eigenvalue weighted by Crippen LogP contribution is -2.07. The molecular weight excluding hydrogens is 210 g/mol. The van der Waals surface area contributed by atoms with Crippen molar-refractivity contribution in [2.24, 2.45) is 0 Å². The van der Waals surface area contributed by atoms with Gasteiger partial charge in [-0.05, 0) is 18.6 Å². The van der Waals surface area contributed by atoms with Gasteiger partial charge in [0.15, 0.2) is 0 Å². The first-order chi connectivity index (χ1) is 8.15. The highest BCUT2D eigenvalue weighted by atomic mass is 16.1. The van der Waals surface area contributed by atoms with E-state index in [0.717, 1.165) is 16.8 Å². The van der Waals surface area contributed by atoms with E-state index >= 15 is 0 Å². The zero-order chi connectivity index (χ0) is 12.7. The highest BCUT2D eigenvalue weighted by molar-refractivity contribution is 5.92. The Morgan fingerprint density at radius 2 is 1.94 bits per heavy atom. The van der Waals surface area contributed by atoms with Crippen LogP contribution in [-0.2, 0) is 4.79 Å². The number of anilines is 1. The van der Waals surface area contributed by atoms with E-state index in [2.05, 4.69) is 11.9 Å². The molecule has 0 saturated heterocycles. The molecule has 2 heteroatoms. The Kier molecular flexibility index (Phi) is 4.95. The second-order valence-corrected chi connectivity index (χ2v) is 3.70. The average Bonchev–Trinajstić information content (AvgIpc) is 2.29. The van der Waals surface area contributed by atoms with Crippen LogP contribution in [0.4, 0.5) is 5.69 Å². The van der Waals surface area contributed by atoms with Crippen molar-refractivity contribution in [2.75, 3.05) is 5.32 Å². The van der Waals surface area contributed by atoms with Gasteiger partial charge < -0.3 is 5.32 Å². The van der Waals surface area contributed by atoms with Crippen LogP contribution in [-0.4, -0.2) is 5.91 Å². The first-order valence-electron chi connectivity index (χ1n) is 5.48. The lowest BCUT2D eigenvalue weighted by atomic mass is 10.0. The van der Waals surface area contributed by atoms with Crippen molar-refractivity contribution in [3.05, 3.63) is 60.7 Å². The minimum Gasteiger partial charge on any atom is -0.326 e. The molecule has 0 heterocycles. The van der Waals surface area contributed by atoms with Crippen LogP contribution in [0, 0.1) is 0 Å². The van der Waals surface area contributed by atoms with Crippen molar-refractivity contribution in [3.8, 4) is 0 Å². The molecule has 1 aromatic carbocycles. The molecule has 0 saturated carbocycles. The predicted octanol–water partition coefficient (Wildman–Crippen LogP) is 3.79. The molecule has 1 amide bonds. The van der Waals surface area contributed by atoms with Gasteiger partial charge in [-0.3, -0.25) is 4.79 Å². The predicted molar refractivity (Wildman–Crippen MR) is 73.7 cm³/mol. The fourth-order valence-corrected chi connectivity index (χ4v) is 1.49. The van der Waals surface area contributed by atoms with Gasteiger partial charge in [0.1, 0.15) is 0 Å². The van der Waals surface area contributed by atoms with E-state index in [-0.39, 0.29) is 5.91 Å². The number of amides is 1. The highest BCUT2D eigenvalue weighted by Crippen LogP contribution is 2.23. The summed E-state index contributed by atoms with van der Waals surface area (Å²) in [6.07, 6.45) is 7.50. The number of benzene rings is 1. The SMILES string of the molecule is C=C/C=C\C=C(/C)c1ccccc1NC(C)=O. The summed E-state index contributed by atoms with van der Waals surface area (Å²) in [5.74, 6) is -0.0631. The Morgan fingerprint density at radius 3 is 2.59 bits per heavy atom. The third kappa shape index (κ3) is 4.11. The summed E-state index contributed by atoms with van der Waals surface area (Å²) in [5, 5.41) is 2.82. The number of hydrogen-bond donors (Lipinski definition) is 1. The van der Waals surface area contributed by atoms with E-state index in [0.29, 0.717) is 0 Å². The second kappa shape index (κ2) is 6.48. The average molecular weight is 227 g/mol. The first kappa shape index (κ1) is 13.0. The molecule has 0 unspecified atom stereocenters. The van der Waals surface area contributed by atoms with Crippen LogP contribution >= 0.6 is 0 Å². The molecule has 1 aromatic rings. The molecule has 0 fully saturated rings. The first-order valence-corrected chi connectivity index (χ1v) is 5.48. The third-order valence-electron chi connectivity index (χ3n) is 2.26. The van der Waals surface area contributed by atoms with Crippen molar-refractivity contribution in [2.45, 2.75) is 13.8 Å². The Hall–Kier alpha value is -2.09. The fraction of sp³-hybridized carbons (Fsp3) is 0.133. The Morgan fingerprint density at radius 1 is 1.24 bits per heavy atom. The molecule has 0 aromatic heterocycles. The summed E-state index contributed by atoms with van der Waals surface area (Å²) in [7, 11) is 0. The number of para-hydroxylation sites is 1. The number of allylic oxidation sites excluding steroid dienone is 5. The molecule has 0 aliphatic carbocycles. The normalized spacial score (nSPS) is 11.5. The largest absolute Gasteiger partial charge is 0.326 e. The lowest BCUT2D eigenvalue weighted by molar-refractivity contribution is -0.114. The molecule has 0 radical (unpaired) electrons. The maximum atomic E-state index is 11.1. The fourth-order valence-electron chi connectivity index (χ4n) is 1.49. The standard InChI is InChI=1S/C15H17NO/c1-4-5-6-9-12(2)14-10-7-8-11-15(14)16-13(3)17/h4-11H,1H2,2-3H3,(H,16,17)/b6-5-,12-9+. The molecule has 0 spiro atoms. The van der Waals surface area contributed by atoms with Gasteiger partial charge >= 0.3 is 0 Å². The smallest absolute Gasteiger partial charge is 0.221 e. The minimum absolute atomic E-state index is 0.0631. The maximum Gasteiger partial charge on any atom is 0.221 e. The quantitative estimate of drug-likeness (QED) is 0.779. The van der Waals surface area contributed by atoms with Crippen LogP contribution in [0.5, 0.6) is 0 Å². The van der Waals surface area contributed by atoms with E-state index in [9.17, 15) is 4.79 Å². The number of nitrogens with one attached hydrogen (secondary N) is 1. The molecule has 0 aliphatic rings. The van der Waals surface area contributed by atoms with E-state index < -0.39 is 0 Å². The third-order valence-corrected chi connectivity index (χ3v) is 2.26. The van der Waals surface area contributed by atoms with E-state index in [1.165, 1.54) is 6.92 Å². The lowest BCUT2D eigenvalue weighted by Gasteiger charge is -2.09. The summed E-state index contributed by atoms with van der Waals surface area (Å²) in [6.45, 7) is 7.13. The Bertz CT molecular complexity index is 470. The van der Waals surface area contributed by atoms with Crippen LogP contribution in [0.2, 0.25) is 0 Å².